The summed E-state index contributed by atoms with van der Waals surface area (Å²) < 4.78 is 5.69. The zero-order valence-electron chi connectivity index (χ0n) is 19.6. The highest BCUT2D eigenvalue weighted by Gasteiger charge is 2.42. The minimum absolute atomic E-state index is 0.0154. The van der Waals surface area contributed by atoms with Crippen LogP contribution in [0.1, 0.15) is 36.5 Å². The SMILES string of the molecule is CC1=C(c2ccncc2)C(c2cccc([N+](=O)[O-])c2)C(C(=O)OCC=Cc2ccccc2)C(C)N1. The van der Waals surface area contributed by atoms with E-state index in [9.17, 15) is 14.9 Å². The summed E-state index contributed by atoms with van der Waals surface area (Å²) in [5.41, 5.74) is 4.40. The van der Waals surface area contributed by atoms with Gasteiger partial charge in [0.2, 0.25) is 0 Å². The fraction of sp³-hybridized carbons (Fsp3) is 0.214. The molecule has 0 saturated heterocycles. The number of hydrogen-bond acceptors (Lipinski definition) is 6. The average Bonchev–Trinajstić information content (AvgIpc) is 2.87. The number of nitro benzene ring substituents is 1. The molecule has 0 amide bonds. The lowest BCUT2D eigenvalue weighted by atomic mass is 9.72. The summed E-state index contributed by atoms with van der Waals surface area (Å²) in [6.07, 6.45) is 7.10. The summed E-state index contributed by atoms with van der Waals surface area (Å²) in [6.45, 7) is 4.02. The number of aromatic nitrogens is 1. The number of non-ortho nitro benzene ring substituents is 1. The van der Waals surface area contributed by atoms with Crippen LogP contribution in [0.5, 0.6) is 0 Å². The predicted octanol–water partition coefficient (Wildman–Crippen LogP) is 5.37. The summed E-state index contributed by atoms with van der Waals surface area (Å²) in [5, 5.41) is 14.9. The van der Waals surface area contributed by atoms with E-state index in [1.54, 1.807) is 30.6 Å². The van der Waals surface area contributed by atoms with Crippen LogP contribution in [0.2, 0.25) is 0 Å². The molecule has 0 bridgehead atoms. The first kappa shape index (κ1) is 23.9. The van der Waals surface area contributed by atoms with Crippen LogP contribution in [0, 0.1) is 16.0 Å². The molecule has 0 aliphatic carbocycles. The van der Waals surface area contributed by atoms with E-state index < -0.39 is 16.8 Å². The van der Waals surface area contributed by atoms with Gasteiger partial charge in [-0.1, -0.05) is 48.5 Å². The molecule has 0 radical (unpaired) electrons. The molecule has 7 nitrogen and oxygen atoms in total. The van der Waals surface area contributed by atoms with Crippen molar-refractivity contribution in [1.82, 2.24) is 10.3 Å². The minimum Gasteiger partial charge on any atom is -0.461 e. The first-order valence-corrected chi connectivity index (χ1v) is 11.5. The Morgan fingerprint density at radius 2 is 1.86 bits per heavy atom. The fourth-order valence-electron chi connectivity index (χ4n) is 4.66. The molecule has 3 unspecified atom stereocenters. The van der Waals surface area contributed by atoms with E-state index in [-0.39, 0.29) is 24.3 Å². The summed E-state index contributed by atoms with van der Waals surface area (Å²) in [6, 6.07) is 19.8. The number of pyridine rings is 1. The number of hydrogen-bond donors (Lipinski definition) is 1. The smallest absolute Gasteiger partial charge is 0.312 e. The Balaban J connectivity index is 1.68. The first-order chi connectivity index (χ1) is 17.0. The highest BCUT2D eigenvalue weighted by Crippen LogP contribution is 2.45. The second-order valence-corrected chi connectivity index (χ2v) is 8.51. The van der Waals surface area contributed by atoms with Crippen molar-refractivity contribution in [2.45, 2.75) is 25.8 Å². The van der Waals surface area contributed by atoms with E-state index in [1.807, 2.05) is 68.5 Å². The number of benzene rings is 2. The van der Waals surface area contributed by atoms with E-state index in [0.29, 0.717) is 5.56 Å². The van der Waals surface area contributed by atoms with Gasteiger partial charge in [0.25, 0.3) is 5.69 Å². The molecule has 1 N–H and O–H groups in total. The van der Waals surface area contributed by atoms with Crippen LogP contribution in [0.25, 0.3) is 11.6 Å². The number of allylic oxidation sites excluding steroid dienone is 2. The average molecular weight is 470 g/mol. The van der Waals surface area contributed by atoms with E-state index in [0.717, 1.165) is 22.4 Å². The van der Waals surface area contributed by atoms with Gasteiger partial charge < -0.3 is 10.1 Å². The van der Waals surface area contributed by atoms with Gasteiger partial charge in [0, 0.05) is 42.2 Å². The van der Waals surface area contributed by atoms with Gasteiger partial charge in [-0.15, -0.1) is 0 Å². The summed E-state index contributed by atoms with van der Waals surface area (Å²) >= 11 is 0. The van der Waals surface area contributed by atoms with Crippen molar-refractivity contribution in [2.75, 3.05) is 6.61 Å². The topological polar surface area (TPSA) is 94.4 Å². The lowest BCUT2D eigenvalue weighted by Gasteiger charge is -2.39. The van der Waals surface area contributed by atoms with Gasteiger partial charge in [-0.3, -0.25) is 19.9 Å². The van der Waals surface area contributed by atoms with E-state index >= 15 is 0 Å². The van der Waals surface area contributed by atoms with Crippen molar-refractivity contribution >= 4 is 23.3 Å². The Kier molecular flexibility index (Phi) is 7.35. The lowest BCUT2D eigenvalue weighted by molar-refractivity contribution is -0.384. The Morgan fingerprint density at radius 3 is 2.57 bits per heavy atom. The van der Waals surface area contributed by atoms with Gasteiger partial charge in [-0.05, 0) is 54.3 Å². The van der Waals surface area contributed by atoms with E-state index in [4.69, 9.17) is 4.74 Å². The van der Waals surface area contributed by atoms with Crippen molar-refractivity contribution in [3.8, 4) is 0 Å². The zero-order valence-corrected chi connectivity index (χ0v) is 19.6. The number of carbonyl (C=O) groups is 1. The van der Waals surface area contributed by atoms with Gasteiger partial charge in [0.1, 0.15) is 6.61 Å². The monoisotopic (exact) mass is 469 g/mol. The van der Waals surface area contributed by atoms with Crippen molar-refractivity contribution < 1.29 is 14.5 Å². The maximum atomic E-state index is 13.4. The Bertz CT molecular complexity index is 1260. The minimum atomic E-state index is -0.589. The van der Waals surface area contributed by atoms with Crippen LogP contribution in [-0.2, 0) is 9.53 Å². The van der Waals surface area contributed by atoms with Crippen LogP contribution in [0.3, 0.4) is 0 Å². The number of nitro groups is 1. The van der Waals surface area contributed by atoms with Crippen LogP contribution in [0.15, 0.2) is 90.9 Å². The standard InChI is InChI=1S/C28H27N3O4/c1-19-25(22-13-15-29-16-14-22)27(23-11-6-12-24(18-23)31(33)34)26(20(2)30-19)28(32)35-17-7-10-21-8-4-3-5-9-21/h3-16,18,20,26-27,30H,17H2,1-2H3. The quantitative estimate of drug-likeness (QED) is 0.284. The van der Waals surface area contributed by atoms with Crippen molar-refractivity contribution in [1.29, 1.82) is 0 Å². The highest BCUT2D eigenvalue weighted by atomic mass is 16.6. The third-order valence-corrected chi connectivity index (χ3v) is 6.19. The molecular formula is C28H27N3O4. The molecule has 2 heterocycles. The summed E-state index contributed by atoms with van der Waals surface area (Å²) in [7, 11) is 0. The maximum Gasteiger partial charge on any atom is 0.312 e. The molecule has 3 aromatic rings. The van der Waals surface area contributed by atoms with Gasteiger partial charge in [0.15, 0.2) is 0 Å². The molecule has 0 saturated carbocycles. The van der Waals surface area contributed by atoms with Crippen molar-refractivity contribution in [3.05, 3.63) is 118 Å². The number of ether oxygens (including phenoxy) is 1. The second kappa shape index (κ2) is 10.8. The Labute approximate surface area is 204 Å². The molecule has 4 rings (SSSR count). The Hall–Kier alpha value is -4.26. The predicted molar refractivity (Wildman–Crippen MR) is 135 cm³/mol. The summed E-state index contributed by atoms with van der Waals surface area (Å²) in [5.74, 6) is -1.38. The fourth-order valence-corrected chi connectivity index (χ4v) is 4.66. The second-order valence-electron chi connectivity index (χ2n) is 8.51. The van der Waals surface area contributed by atoms with Crippen LogP contribution in [0.4, 0.5) is 5.69 Å². The lowest BCUT2D eigenvalue weighted by Crippen LogP contribution is -2.46. The highest BCUT2D eigenvalue weighted by molar-refractivity contribution is 5.84. The molecule has 1 aliphatic heterocycles. The molecule has 0 fully saturated rings. The molecule has 178 valence electrons. The van der Waals surface area contributed by atoms with Gasteiger partial charge in [-0.25, -0.2) is 0 Å². The molecule has 1 aliphatic rings. The van der Waals surface area contributed by atoms with E-state index in [1.165, 1.54) is 6.07 Å². The van der Waals surface area contributed by atoms with Crippen molar-refractivity contribution in [2.24, 2.45) is 5.92 Å². The van der Waals surface area contributed by atoms with Gasteiger partial charge >= 0.3 is 5.97 Å². The van der Waals surface area contributed by atoms with E-state index in [2.05, 4.69) is 10.3 Å². The summed E-state index contributed by atoms with van der Waals surface area (Å²) in [4.78, 5) is 28.6. The number of rotatable bonds is 7. The van der Waals surface area contributed by atoms with Crippen LogP contribution in [-0.4, -0.2) is 28.5 Å². The van der Waals surface area contributed by atoms with Crippen molar-refractivity contribution in [3.63, 3.8) is 0 Å². The molecule has 2 aromatic carbocycles. The molecular weight excluding hydrogens is 442 g/mol. The maximum absolute atomic E-state index is 13.4. The number of esters is 1. The van der Waals surface area contributed by atoms with Gasteiger partial charge in [-0.2, -0.15) is 0 Å². The molecule has 35 heavy (non-hydrogen) atoms. The van der Waals surface area contributed by atoms with Gasteiger partial charge in [0.05, 0.1) is 10.8 Å². The van der Waals surface area contributed by atoms with Crippen LogP contribution < -0.4 is 5.32 Å². The normalized spacial score (nSPS) is 19.9. The largest absolute Gasteiger partial charge is 0.461 e. The molecule has 1 aromatic heterocycles. The third-order valence-electron chi connectivity index (χ3n) is 6.19. The number of carbonyl (C=O) groups excluding carboxylic acids is 1. The number of nitrogens with zero attached hydrogens (tertiary/aromatic N) is 2. The molecule has 7 heteroatoms. The molecule has 3 atom stereocenters. The molecule has 0 spiro atoms. The third kappa shape index (κ3) is 5.46. The zero-order chi connectivity index (χ0) is 24.8. The number of nitrogens with one attached hydrogen (secondary N) is 1. The Morgan fingerprint density at radius 1 is 1.11 bits per heavy atom. The first-order valence-electron chi connectivity index (χ1n) is 11.5. The van der Waals surface area contributed by atoms with Crippen LogP contribution >= 0.6 is 0 Å².